The molecule has 0 spiro atoms. The number of nitro benzene ring substituents is 1. The lowest BCUT2D eigenvalue weighted by molar-refractivity contribution is -0.384. The van der Waals surface area contributed by atoms with Crippen molar-refractivity contribution in [2.45, 2.75) is 18.8 Å². The highest BCUT2D eigenvalue weighted by Gasteiger charge is 2.27. The third kappa shape index (κ3) is 2.79. The van der Waals surface area contributed by atoms with Crippen LogP contribution in [0.5, 0.6) is 0 Å². The fourth-order valence-corrected chi connectivity index (χ4v) is 3.72. The lowest BCUT2D eigenvalue weighted by atomic mass is 10.1. The number of benzene rings is 1. The van der Waals surface area contributed by atoms with Gasteiger partial charge >= 0.3 is 0 Å². The molecule has 5 nitrogen and oxygen atoms in total. The summed E-state index contributed by atoms with van der Waals surface area (Å²) in [5, 5.41) is 14.0. The second-order valence-corrected chi connectivity index (χ2v) is 6.96. The second kappa shape index (κ2) is 5.96. The zero-order valence-electron chi connectivity index (χ0n) is 12.5. The van der Waals surface area contributed by atoms with Crippen LogP contribution in [0.2, 0.25) is 5.02 Å². The monoisotopic (exact) mass is 357 g/mol. The van der Waals surface area contributed by atoms with E-state index in [4.69, 9.17) is 11.6 Å². The minimum absolute atomic E-state index is 0.108. The van der Waals surface area contributed by atoms with Crippen molar-refractivity contribution in [3.63, 3.8) is 0 Å². The van der Waals surface area contributed by atoms with Crippen molar-refractivity contribution in [2.24, 2.45) is 0 Å². The van der Waals surface area contributed by atoms with E-state index >= 15 is 0 Å². The minimum Gasteiger partial charge on any atom is -0.264 e. The molecule has 0 unspecified atom stereocenters. The molecule has 4 rings (SSSR count). The predicted molar refractivity (Wildman–Crippen MR) is 94.4 cm³/mol. The van der Waals surface area contributed by atoms with E-state index in [0.29, 0.717) is 17.2 Å². The molecule has 1 aliphatic rings. The van der Waals surface area contributed by atoms with E-state index in [2.05, 4.69) is 16.0 Å². The third-order valence-corrected chi connectivity index (χ3v) is 5.24. The summed E-state index contributed by atoms with van der Waals surface area (Å²) in [7, 11) is 0. The van der Waals surface area contributed by atoms with Crippen molar-refractivity contribution in [1.82, 2.24) is 9.97 Å². The zero-order valence-corrected chi connectivity index (χ0v) is 14.0. The largest absolute Gasteiger partial charge is 0.288 e. The van der Waals surface area contributed by atoms with Crippen LogP contribution < -0.4 is 0 Å². The van der Waals surface area contributed by atoms with E-state index in [1.54, 1.807) is 6.07 Å². The number of halogens is 1. The van der Waals surface area contributed by atoms with Gasteiger partial charge in [0.1, 0.15) is 10.0 Å². The summed E-state index contributed by atoms with van der Waals surface area (Å²) in [5.74, 6) is 0.604. The molecule has 0 saturated heterocycles. The van der Waals surface area contributed by atoms with Crippen LogP contribution in [0.3, 0.4) is 0 Å². The fraction of sp³-hybridized carbons (Fsp3) is 0.176. The number of rotatable bonds is 4. The van der Waals surface area contributed by atoms with E-state index in [1.165, 1.54) is 41.9 Å². The van der Waals surface area contributed by atoms with E-state index in [0.717, 1.165) is 10.6 Å². The maximum absolute atomic E-state index is 11.1. The topological polar surface area (TPSA) is 68.9 Å². The van der Waals surface area contributed by atoms with Gasteiger partial charge in [0, 0.05) is 35.0 Å². The summed E-state index contributed by atoms with van der Waals surface area (Å²) in [6.07, 6.45) is 6.08. The Balaban J connectivity index is 1.74. The third-order valence-electron chi connectivity index (χ3n) is 4.05. The zero-order chi connectivity index (χ0) is 16.7. The molecule has 24 heavy (non-hydrogen) atoms. The van der Waals surface area contributed by atoms with Gasteiger partial charge in [0.2, 0.25) is 0 Å². The molecule has 120 valence electrons. The highest BCUT2D eigenvalue weighted by atomic mass is 35.5. The van der Waals surface area contributed by atoms with Gasteiger partial charge in [0.05, 0.1) is 10.6 Å². The van der Waals surface area contributed by atoms with Gasteiger partial charge in [-0.15, -0.1) is 11.3 Å². The SMILES string of the molecule is O=[N+]([O-])c1cc(-c2csc(-c3cnccc3C3CC3)n2)ccc1Cl. The Labute approximate surface area is 147 Å². The van der Waals surface area contributed by atoms with Crippen LogP contribution in [-0.2, 0) is 0 Å². The van der Waals surface area contributed by atoms with Gasteiger partial charge in [0.25, 0.3) is 5.69 Å². The molecule has 2 aromatic heterocycles. The van der Waals surface area contributed by atoms with Crippen LogP contribution in [0.4, 0.5) is 5.69 Å². The Hall–Kier alpha value is -2.31. The van der Waals surface area contributed by atoms with Gasteiger partial charge in [0.15, 0.2) is 0 Å². The van der Waals surface area contributed by atoms with Gasteiger partial charge in [-0.05, 0) is 36.5 Å². The van der Waals surface area contributed by atoms with Gasteiger partial charge < -0.3 is 0 Å². The van der Waals surface area contributed by atoms with E-state index in [-0.39, 0.29) is 10.7 Å². The number of hydrogen-bond acceptors (Lipinski definition) is 5. The summed E-state index contributed by atoms with van der Waals surface area (Å²) in [4.78, 5) is 19.5. The van der Waals surface area contributed by atoms with Gasteiger partial charge in [-0.2, -0.15) is 0 Å². The number of thiazole rings is 1. The van der Waals surface area contributed by atoms with Gasteiger partial charge in [-0.1, -0.05) is 17.7 Å². The average Bonchev–Trinajstić information content (AvgIpc) is 3.32. The lowest BCUT2D eigenvalue weighted by Crippen LogP contribution is -1.91. The molecular weight excluding hydrogens is 346 g/mol. The lowest BCUT2D eigenvalue weighted by Gasteiger charge is -2.04. The minimum atomic E-state index is -0.481. The first-order valence-corrected chi connectivity index (χ1v) is 8.73. The van der Waals surface area contributed by atoms with Crippen molar-refractivity contribution in [3.8, 4) is 21.8 Å². The van der Waals surface area contributed by atoms with Crippen molar-refractivity contribution >= 4 is 28.6 Å². The number of nitro groups is 1. The number of aromatic nitrogens is 2. The predicted octanol–water partition coefficient (Wildman–Crippen LogP) is 5.31. The summed E-state index contributed by atoms with van der Waals surface area (Å²) in [6, 6.07) is 6.81. The van der Waals surface area contributed by atoms with Crippen LogP contribution in [0.1, 0.15) is 24.3 Å². The van der Waals surface area contributed by atoms with E-state index in [9.17, 15) is 10.1 Å². The molecule has 1 aromatic carbocycles. The van der Waals surface area contributed by atoms with Gasteiger partial charge in [-0.25, -0.2) is 4.98 Å². The highest BCUT2D eigenvalue weighted by Crippen LogP contribution is 2.45. The highest BCUT2D eigenvalue weighted by molar-refractivity contribution is 7.13. The molecule has 0 N–H and O–H groups in total. The molecule has 2 heterocycles. The first-order chi connectivity index (χ1) is 11.6. The first kappa shape index (κ1) is 15.2. The Morgan fingerprint density at radius 3 is 2.88 bits per heavy atom. The van der Waals surface area contributed by atoms with E-state index < -0.39 is 4.92 Å². The standard InChI is InChI=1S/C17H12ClN3O2S/c18-14-4-3-11(7-16(14)21(22)23)15-9-24-17(20-15)13-8-19-6-5-12(13)10-1-2-10/h3-10H,1-2H2. The Bertz CT molecular complexity index is 937. The quantitative estimate of drug-likeness (QED) is 0.468. The number of nitrogens with zero attached hydrogens (tertiary/aromatic N) is 3. The van der Waals surface area contributed by atoms with Crippen LogP contribution in [0, 0.1) is 10.1 Å². The number of pyridine rings is 1. The maximum Gasteiger partial charge on any atom is 0.288 e. The molecule has 0 radical (unpaired) electrons. The molecule has 1 aliphatic carbocycles. The van der Waals surface area contributed by atoms with Crippen molar-refractivity contribution < 1.29 is 4.92 Å². The average molecular weight is 358 g/mol. The Morgan fingerprint density at radius 2 is 2.12 bits per heavy atom. The molecule has 3 aromatic rings. The summed E-state index contributed by atoms with van der Waals surface area (Å²) in [5.41, 5.74) is 3.63. The second-order valence-electron chi connectivity index (χ2n) is 5.70. The molecule has 7 heteroatoms. The molecule has 1 fully saturated rings. The fourth-order valence-electron chi connectivity index (χ4n) is 2.68. The molecule has 0 amide bonds. The molecule has 0 atom stereocenters. The van der Waals surface area contributed by atoms with E-state index in [1.807, 2.05) is 17.8 Å². The first-order valence-electron chi connectivity index (χ1n) is 7.47. The maximum atomic E-state index is 11.1. The Kier molecular flexibility index (Phi) is 3.78. The van der Waals surface area contributed by atoms with Gasteiger partial charge in [-0.3, -0.25) is 15.1 Å². The van der Waals surface area contributed by atoms with Crippen LogP contribution in [0.25, 0.3) is 21.8 Å². The molecule has 0 aliphatic heterocycles. The summed E-state index contributed by atoms with van der Waals surface area (Å²) in [6.45, 7) is 0. The summed E-state index contributed by atoms with van der Waals surface area (Å²) < 4.78 is 0. The molecular formula is C17H12ClN3O2S. The molecule has 0 bridgehead atoms. The summed E-state index contributed by atoms with van der Waals surface area (Å²) >= 11 is 7.40. The molecule has 1 saturated carbocycles. The van der Waals surface area contributed by atoms with Crippen molar-refractivity contribution in [3.05, 3.63) is 62.7 Å². The normalized spacial score (nSPS) is 13.9. The van der Waals surface area contributed by atoms with Crippen LogP contribution >= 0.6 is 22.9 Å². The van der Waals surface area contributed by atoms with Crippen LogP contribution in [-0.4, -0.2) is 14.9 Å². The van der Waals surface area contributed by atoms with Crippen molar-refractivity contribution in [2.75, 3.05) is 0 Å². The Morgan fingerprint density at radius 1 is 1.29 bits per heavy atom. The van der Waals surface area contributed by atoms with Crippen LogP contribution in [0.15, 0.2) is 42.0 Å². The smallest absolute Gasteiger partial charge is 0.264 e. The van der Waals surface area contributed by atoms with Crippen molar-refractivity contribution in [1.29, 1.82) is 0 Å². The number of hydrogen-bond donors (Lipinski definition) is 0.